The third-order valence-corrected chi connectivity index (χ3v) is 5.42. The molecule has 1 heterocycles. The van der Waals surface area contributed by atoms with Gasteiger partial charge in [-0.15, -0.1) is 12.4 Å². The molecule has 6 nitrogen and oxygen atoms in total. The number of sulfonamides is 1. The number of benzene rings is 1. The van der Waals surface area contributed by atoms with E-state index in [0.717, 1.165) is 5.56 Å². The zero-order valence-electron chi connectivity index (χ0n) is 13.6. The first-order chi connectivity index (χ1) is 10.1. The number of nitrogens with one attached hydrogen (secondary N) is 1. The van der Waals surface area contributed by atoms with Crippen molar-refractivity contribution in [3.63, 3.8) is 0 Å². The van der Waals surface area contributed by atoms with Gasteiger partial charge in [0, 0.05) is 24.2 Å². The topological polar surface area (TPSA) is 92.5 Å². The maximum atomic E-state index is 12.2. The first-order valence-electron chi connectivity index (χ1n) is 7.28. The number of nitrogens with zero attached hydrogens (tertiary/aromatic N) is 1. The van der Waals surface area contributed by atoms with Gasteiger partial charge in [0.1, 0.15) is 0 Å². The van der Waals surface area contributed by atoms with Crippen LogP contribution in [-0.2, 0) is 10.0 Å². The second kappa shape index (κ2) is 7.07. The predicted molar refractivity (Wildman–Crippen MR) is 94.8 cm³/mol. The molecule has 1 aromatic carbocycles. The number of carbonyl (C=O) groups excluding carboxylic acids is 1. The molecule has 1 aromatic rings. The molecule has 0 aliphatic carbocycles. The molecular formula is C15H24ClN3O3S. The normalized spacial score (nSPS) is 16.8. The van der Waals surface area contributed by atoms with Gasteiger partial charge in [-0.2, -0.15) is 0 Å². The molecule has 0 bridgehead atoms. The lowest BCUT2D eigenvalue weighted by Crippen LogP contribution is -2.45. The minimum Gasteiger partial charge on any atom is -0.350 e. The summed E-state index contributed by atoms with van der Waals surface area (Å²) in [5.74, 6) is -0.0216. The van der Waals surface area contributed by atoms with Crippen LogP contribution in [0.5, 0.6) is 0 Å². The van der Waals surface area contributed by atoms with E-state index in [1.165, 1.54) is 4.31 Å². The molecule has 8 heteroatoms. The zero-order valence-corrected chi connectivity index (χ0v) is 15.3. The second-order valence-electron chi connectivity index (χ2n) is 6.41. The Morgan fingerprint density at radius 1 is 1.39 bits per heavy atom. The fourth-order valence-electron chi connectivity index (χ4n) is 2.39. The van der Waals surface area contributed by atoms with Gasteiger partial charge in [0.15, 0.2) is 0 Å². The quantitative estimate of drug-likeness (QED) is 0.848. The largest absolute Gasteiger partial charge is 0.350 e. The molecule has 0 atom stereocenters. The number of amides is 1. The van der Waals surface area contributed by atoms with E-state index in [1.54, 1.807) is 25.1 Å². The van der Waals surface area contributed by atoms with Crippen molar-refractivity contribution in [1.82, 2.24) is 5.32 Å². The number of hydrogen-bond donors (Lipinski definition) is 2. The van der Waals surface area contributed by atoms with Crippen molar-refractivity contribution < 1.29 is 13.2 Å². The summed E-state index contributed by atoms with van der Waals surface area (Å²) in [6.45, 7) is 6.33. The summed E-state index contributed by atoms with van der Waals surface area (Å²) in [4.78, 5) is 12.2. The Labute approximate surface area is 143 Å². The van der Waals surface area contributed by atoms with Crippen LogP contribution in [0.1, 0.15) is 36.2 Å². The molecule has 2 rings (SSSR count). The molecule has 0 unspecified atom stereocenters. The van der Waals surface area contributed by atoms with E-state index in [4.69, 9.17) is 5.73 Å². The summed E-state index contributed by atoms with van der Waals surface area (Å²) >= 11 is 0. The van der Waals surface area contributed by atoms with E-state index in [1.807, 2.05) is 13.8 Å². The fourth-order valence-corrected chi connectivity index (χ4v) is 3.95. The highest BCUT2D eigenvalue weighted by atomic mass is 35.5. The molecule has 3 N–H and O–H groups in total. The summed E-state index contributed by atoms with van der Waals surface area (Å²) in [6, 6.07) is 5.08. The highest BCUT2D eigenvalue weighted by Gasteiger charge is 2.28. The van der Waals surface area contributed by atoms with Crippen molar-refractivity contribution in [2.45, 2.75) is 32.7 Å². The van der Waals surface area contributed by atoms with Gasteiger partial charge >= 0.3 is 0 Å². The molecule has 0 radical (unpaired) electrons. The number of rotatable bonds is 4. The molecule has 1 saturated heterocycles. The van der Waals surface area contributed by atoms with Gasteiger partial charge in [0.05, 0.1) is 11.4 Å². The van der Waals surface area contributed by atoms with Gasteiger partial charge in [-0.25, -0.2) is 8.42 Å². The van der Waals surface area contributed by atoms with Gasteiger partial charge in [-0.1, -0.05) is 0 Å². The van der Waals surface area contributed by atoms with Gasteiger partial charge in [0.2, 0.25) is 10.0 Å². The first-order valence-corrected chi connectivity index (χ1v) is 8.89. The van der Waals surface area contributed by atoms with Crippen LogP contribution in [0.4, 0.5) is 5.69 Å². The van der Waals surface area contributed by atoms with Crippen molar-refractivity contribution in [2.75, 3.05) is 23.1 Å². The first kappa shape index (κ1) is 19.7. The summed E-state index contributed by atoms with van der Waals surface area (Å²) in [5.41, 5.74) is 7.26. The number of aryl methyl sites for hydroxylation is 1. The Balaban J connectivity index is 0.00000264. The van der Waals surface area contributed by atoms with Crippen LogP contribution < -0.4 is 15.4 Å². The van der Waals surface area contributed by atoms with Crippen molar-refractivity contribution in [1.29, 1.82) is 0 Å². The average molecular weight is 362 g/mol. The maximum absolute atomic E-state index is 12.2. The predicted octanol–water partition coefficient (Wildman–Crippen LogP) is 1.42. The van der Waals surface area contributed by atoms with Crippen molar-refractivity contribution >= 4 is 34.0 Å². The molecule has 130 valence electrons. The van der Waals surface area contributed by atoms with Gasteiger partial charge < -0.3 is 11.1 Å². The van der Waals surface area contributed by atoms with E-state index in [-0.39, 0.29) is 24.1 Å². The van der Waals surface area contributed by atoms with Crippen LogP contribution in [-0.4, -0.2) is 38.7 Å². The third-order valence-electron chi connectivity index (χ3n) is 3.55. The number of anilines is 1. The number of carbonyl (C=O) groups is 1. The maximum Gasteiger partial charge on any atom is 0.251 e. The molecule has 1 amide bonds. The molecule has 23 heavy (non-hydrogen) atoms. The SMILES string of the molecule is Cc1cc(N2CCCS2(=O)=O)ccc1C(=O)NCC(C)(C)N.Cl. The van der Waals surface area contributed by atoms with E-state index < -0.39 is 15.6 Å². The zero-order chi connectivity index (χ0) is 16.5. The van der Waals surface area contributed by atoms with Crippen molar-refractivity contribution in [2.24, 2.45) is 5.73 Å². The third kappa shape index (κ3) is 4.83. The molecular weight excluding hydrogens is 338 g/mol. The number of nitrogens with two attached hydrogens (primary N) is 1. The summed E-state index contributed by atoms with van der Waals surface area (Å²) < 4.78 is 25.3. The minimum atomic E-state index is -3.20. The Bertz CT molecular complexity index is 684. The second-order valence-corrected chi connectivity index (χ2v) is 8.43. The Morgan fingerprint density at radius 2 is 2.04 bits per heavy atom. The average Bonchev–Trinajstić information content (AvgIpc) is 2.74. The molecule has 0 spiro atoms. The lowest BCUT2D eigenvalue weighted by molar-refractivity contribution is 0.0945. The van der Waals surface area contributed by atoms with Gasteiger partial charge in [0.25, 0.3) is 5.91 Å². The highest BCUT2D eigenvalue weighted by Crippen LogP contribution is 2.26. The van der Waals surface area contributed by atoms with Crippen LogP contribution >= 0.6 is 12.4 Å². The molecule has 0 aromatic heterocycles. The molecule has 1 fully saturated rings. The van der Waals surface area contributed by atoms with Crippen LogP contribution in [0.2, 0.25) is 0 Å². The van der Waals surface area contributed by atoms with Crippen LogP contribution in [0.25, 0.3) is 0 Å². The van der Waals surface area contributed by atoms with E-state index in [9.17, 15) is 13.2 Å². The minimum absolute atomic E-state index is 0. The highest BCUT2D eigenvalue weighted by molar-refractivity contribution is 7.93. The molecule has 1 aliphatic rings. The summed E-state index contributed by atoms with van der Waals surface area (Å²) in [7, 11) is -3.20. The lowest BCUT2D eigenvalue weighted by Gasteiger charge is -2.20. The number of halogens is 1. The monoisotopic (exact) mass is 361 g/mol. The van der Waals surface area contributed by atoms with Crippen LogP contribution in [0.3, 0.4) is 0 Å². The summed E-state index contributed by atoms with van der Waals surface area (Å²) in [6.07, 6.45) is 0.634. The Hall–Kier alpha value is -1.31. The molecule has 1 aliphatic heterocycles. The van der Waals surface area contributed by atoms with Crippen LogP contribution in [0.15, 0.2) is 18.2 Å². The van der Waals surface area contributed by atoms with E-state index >= 15 is 0 Å². The number of hydrogen-bond acceptors (Lipinski definition) is 4. The van der Waals surface area contributed by atoms with Crippen molar-refractivity contribution in [3.05, 3.63) is 29.3 Å². The van der Waals surface area contributed by atoms with Gasteiger partial charge in [-0.3, -0.25) is 9.10 Å². The Kier molecular flexibility index (Phi) is 6.06. The smallest absolute Gasteiger partial charge is 0.251 e. The lowest BCUT2D eigenvalue weighted by atomic mass is 10.1. The molecule has 0 saturated carbocycles. The Morgan fingerprint density at radius 3 is 2.52 bits per heavy atom. The summed E-state index contributed by atoms with van der Waals surface area (Å²) in [5, 5.41) is 2.79. The van der Waals surface area contributed by atoms with Crippen LogP contribution in [0, 0.1) is 6.92 Å². The van der Waals surface area contributed by atoms with Gasteiger partial charge in [-0.05, 0) is 51.0 Å². The standard InChI is InChI=1S/C15H23N3O3S.ClH/c1-11-9-12(18-7-4-8-22(18,20)21)5-6-13(11)14(19)17-10-15(2,3)16;/h5-6,9H,4,7-8,10,16H2,1-3H3,(H,17,19);1H. The fraction of sp³-hybridized carbons (Fsp3) is 0.533. The van der Waals surface area contributed by atoms with E-state index in [0.29, 0.717) is 30.8 Å². The van der Waals surface area contributed by atoms with E-state index in [2.05, 4.69) is 5.32 Å². The van der Waals surface area contributed by atoms with Crippen molar-refractivity contribution in [3.8, 4) is 0 Å².